The van der Waals surface area contributed by atoms with Gasteiger partial charge in [0.2, 0.25) is 0 Å². The van der Waals surface area contributed by atoms with Gasteiger partial charge in [-0.15, -0.1) is 10.2 Å². The maximum absolute atomic E-state index is 9.05. The number of aromatic nitrogens is 3. The Morgan fingerprint density at radius 2 is 2.18 bits per heavy atom. The smallest absolute Gasteiger partial charge is 0.195 e. The molecule has 8 heteroatoms. The van der Waals surface area contributed by atoms with Gasteiger partial charge in [0.05, 0.1) is 18.5 Å². The lowest BCUT2D eigenvalue weighted by Gasteiger charge is -2.16. The van der Waals surface area contributed by atoms with Gasteiger partial charge in [-0.2, -0.15) is 0 Å². The monoisotopic (exact) mass is 418 g/mol. The second-order valence-electron chi connectivity index (χ2n) is 6.25. The zero-order valence-electron chi connectivity index (χ0n) is 15.7. The number of halogens is 1. The molecule has 0 atom stereocenters. The van der Waals surface area contributed by atoms with Gasteiger partial charge in [0.15, 0.2) is 11.0 Å². The first-order chi connectivity index (χ1) is 13.7. The van der Waals surface area contributed by atoms with E-state index in [4.69, 9.17) is 21.1 Å². The van der Waals surface area contributed by atoms with Crippen LogP contribution in [-0.2, 0) is 6.54 Å². The quantitative estimate of drug-likeness (QED) is 0.394. The van der Waals surface area contributed by atoms with Crippen molar-refractivity contribution in [2.75, 3.05) is 26.0 Å². The summed E-state index contributed by atoms with van der Waals surface area (Å²) in [6.07, 6.45) is 6.37. The van der Waals surface area contributed by atoms with Gasteiger partial charge in [0.25, 0.3) is 0 Å². The fraction of sp³-hybridized carbons (Fsp3) is 0.300. The maximum Gasteiger partial charge on any atom is 0.195 e. The molecule has 0 fully saturated rings. The van der Waals surface area contributed by atoms with Gasteiger partial charge in [-0.1, -0.05) is 35.5 Å². The second kappa shape index (κ2) is 10.5. The first-order valence-corrected chi connectivity index (χ1v) is 10.4. The van der Waals surface area contributed by atoms with Crippen molar-refractivity contribution in [2.24, 2.45) is 0 Å². The summed E-state index contributed by atoms with van der Waals surface area (Å²) in [4.78, 5) is 2.15. The molecule has 3 aromatic rings. The van der Waals surface area contributed by atoms with Crippen LogP contribution in [-0.4, -0.2) is 50.7 Å². The topological polar surface area (TPSA) is 67.3 Å². The zero-order valence-corrected chi connectivity index (χ0v) is 17.2. The first kappa shape index (κ1) is 20.7. The van der Waals surface area contributed by atoms with Gasteiger partial charge in [0.1, 0.15) is 5.76 Å². The Kier molecular flexibility index (Phi) is 7.73. The van der Waals surface area contributed by atoms with Crippen LogP contribution in [0.15, 0.2) is 58.3 Å². The SMILES string of the molecule is CN(C/C=C/c1ccco1)Cc1nnc(SCCCO)n1-c1cccc(Cl)c1. The third kappa shape index (κ3) is 5.72. The molecule has 2 aromatic heterocycles. The number of thioether (sulfide) groups is 1. The van der Waals surface area contributed by atoms with Crippen molar-refractivity contribution in [3.05, 3.63) is 65.3 Å². The molecule has 148 valence electrons. The Morgan fingerprint density at radius 3 is 2.93 bits per heavy atom. The van der Waals surface area contributed by atoms with Crippen molar-refractivity contribution in [1.29, 1.82) is 0 Å². The third-order valence-corrected chi connectivity index (χ3v) is 5.20. The number of nitrogens with zero attached hydrogens (tertiary/aromatic N) is 4. The molecular formula is C20H23ClN4O2S. The Hall–Kier alpha value is -2.06. The predicted octanol–water partition coefficient (Wildman–Crippen LogP) is 4.13. The molecule has 2 heterocycles. The van der Waals surface area contributed by atoms with E-state index in [1.165, 1.54) is 0 Å². The van der Waals surface area contributed by atoms with Crippen LogP contribution < -0.4 is 0 Å². The summed E-state index contributed by atoms with van der Waals surface area (Å²) < 4.78 is 7.34. The number of aliphatic hydroxyl groups is 1. The summed E-state index contributed by atoms with van der Waals surface area (Å²) in [5, 5.41) is 19.3. The molecule has 0 saturated heterocycles. The Labute approximate surface area is 173 Å². The molecule has 0 aliphatic rings. The number of hydrogen-bond acceptors (Lipinski definition) is 6. The van der Waals surface area contributed by atoms with Crippen LogP contribution in [0.2, 0.25) is 5.02 Å². The molecule has 1 N–H and O–H groups in total. The largest absolute Gasteiger partial charge is 0.465 e. The zero-order chi connectivity index (χ0) is 19.8. The van der Waals surface area contributed by atoms with E-state index < -0.39 is 0 Å². The van der Waals surface area contributed by atoms with E-state index in [9.17, 15) is 0 Å². The van der Waals surface area contributed by atoms with Crippen molar-refractivity contribution in [3.63, 3.8) is 0 Å². The van der Waals surface area contributed by atoms with Crippen molar-refractivity contribution in [1.82, 2.24) is 19.7 Å². The van der Waals surface area contributed by atoms with E-state index in [1.807, 2.05) is 54.1 Å². The summed E-state index contributed by atoms with van der Waals surface area (Å²) >= 11 is 7.77. The number of benzene rings is 1. The van der Waals surface area contributed by atoms with Gasteiger partial charge in [-0.05, 0) is 49.9 Å². The molecule has 3 rings (SSSR count). The molecule has 6 nitrogen and oxygen atoms in total. The summed E-state index contributed by atoms with van der Waals surface area (Å²) in [7, 11) is 2.03. The molecule has 0 aliphatic heterocycles. The second-order valence-corrected chi connectivity index (χ2v) is 7.75. The molecule has 28 heavy (non-hydrogen) atoms. The van der Waals surface area contributed by atoms with Gasteiger partial charge in [0, 0.05) is 23.9 Å². The van der Waals surface area contributed by atoms with E-state index >= 15 is 0 Å². The molecule has 0 saturated carbocycles. The maximum atomic E-state index is 9.05. The molecule has 0 amide bonds. The molecule has 0 spiro atoms. The lowest BCUT2D eigenvalue weighted by atomic mass is 10.3. The fourth-order valence-electron chi connectivity index (χ4n) is 2.64. The minimum atomic E-state index is 0.163. The van der Waals surface area contributed by atoms with Crippen molar-refractivity contribution in [2.45, 2.75) is 18.1 Å². The highest BCUT2D eigenvalue weighted by Crippen LogP contribution is 2.25. The van der Waals surface area contributed by atoms with Crippen molar-refractivity contribution in [3.8, 4) is 5.69 Å². The van der Waals surface area contributed by atoms with Crippen LogP contribution in [0.1, 0.15) is 18.0 Å². The molecular weight excluding hydrogens is 396 g/mol. The number of rotatable bonds is 10. The molecule has 0 bridgehead atoms. The van der Waals surface area contributed by atoms with Crippen LogP contribution in [0, 0.1) is 0 Å². The summed E-state index contributed by atoms with van der Waals surface area (Å²) in [5.41, 5.74) is 0.929. The normalized spacial score (nSPS) is 11.7. The van der Waals surface area contributed by atoms with Crippen LogP contribution >= 0.6 is 23.4 Å². The predicted molar refractivity (Wildman–Crippen MR) is 113 cm³/mol. The summed E-state index contributed by atoms with van der Waals surface area (Å²) in [5.74, 6) is 2.44. The minimum Gasteiger partial charge on any atom is -0.465 e. The summed E-state index contributed by atoms with van der Waals surface area (Å²) in [6.45, 7) is 1.54. The first-order valence-electron chi connectivity index (χ1n) is 9.00. The van der Waals surface area contributed by atoms with E-state index in [1.54, 1.807) is 18.0 Å². The Morgan fingerprint density at radius 1 is 1.29 bits per heavy atom. The molecule has 0 unspecified atom stereocenters. The lowest BCUT2D eigenvalue weighted by molar-refractivity contribution is 0.296. The van der Waals surface area contributed by atoms with Crippen LogP contribution in [0.4, 0.5) is 0 Å². The minimum absolute atomic E-state index is 0.163. The van der Waals surface area contributed by atoms with Gasteiger partial charge in [-0.3, -0.25) is 9.47 Å². The van der Waals surface area contributed by atoms with E-state index in [-0.39, 0.29) is 6.61 Å². The Bertz CT molecular complexity index is 896. The lowest BCUT2D eigenvalue weighted by Crippen LogP contribution is -2.20. The van der Waals surface area contributed by atoms with E-state index in [0.29, 0.717) is 18.0 Å². The van der Waals surface area contributed by atoms with Crippen molar-refractivity contribution >= 4 is 29.4 Å². The third-order valence-electron chi connectivity index (χ3n) is 3.95. The standard InChI is InChI=1S/C20H23ClN4O2S/c1-24(10-3-8-18-9-4-12-27-18)15-19-22-23-20(28-13-5-11-26)25(19)17-7-2-6-16(21)14-17/h2-4,6-9,12,14,26H,5,10-11,13,15H2,1H3/b8-3+. The summed E-state index contributed by atoms with van der Waals surface area (Å²) in [6, 6.07) is 11.4. The highest BCUT2D eigenvalue weighted by atomic mass is 35.5. The average molecular weight is 419 g/mol. The van der Waals surface area contributed by atoms with Crippen LogP contribution in [0.3, 0.4) is 0 Å². The highest BCUT2D eigenvalue weighted by molar-refractivity contribution is 7.99. The van der Waals surface area contributed by atoms with E-state index in [2.05, 4.69) is 21.2 Å². The molecule has 0 radical (unpaired) electrons. The van der Waals surface area contributed by atoms with Gasteiger partial charge in [-0.25, -0.2) is 0 Å². The number of hydrogen-bond donors (Lipinski definition) is 1. The Balaban J connectivity index is 1.75. The highest BCUT2D eigenvalue weighted by Gasteiger charge is 2.16. The van der Waals surface area contributed by atoms with Crippen molar-refractivity contribution < 1.29 is 9.52 Å². The van der Waals surface area contributed by atoms with Crippen LogP contribution in [0.5, 0.6) is 0 Å². The fourth-order valence-corrected chi connectivity index (χ4v) is 3.72. The molecule has 1 aromatic carbocycles. The van der Waals surface area contributed by atoms with E-state index in [0.717, 1.165) is 34.7 Å². The molecule has 0 aliphatic carbocycles. The number of likely N-dealkylation sites (N-methyl/N-ethyl adjacent to an activating group) is 1. The van der Waals surface area contributed by atoms with Gasteiger partial charge >= 0.3 is 0 Å². The number of furan rings is 1. The average Bonchev–Trinajstić information content (AvgIpc) is 3.32. The van der Waals surface area contributed by atoms with Gasteiger partial charge < -0.3 is 9.52 Å². The van der Waals surface area contributed by atoms with Crippen LogP contribution in [0.25, 0.3) is 11.8 Å². The number of aliphatic hydroxyl groups excluding tert-OH is 1.